The molecular weight excluding hydrogens is 959 g/mol. The van der Waals surface area contributed by atoms with Gasteiger partial charge in [-0.05, 0) is 159 Å². The maximum Gasteiger partial charge on any atom is 0.494 e. The quantitative estimate of drug-likeness (QED) is 0.0753. The van der Waals surface area contributed by atoms with E-state index in [4.69, 9.17) is 9.31 Å². The predicted octanol–water partition coefficient (Wildman–Crippen LogP) is 16.8. The molecule has 0 radical (unpaired) electrons. The highest BCUT2D eigenvalue weighted by atomic mass is 79.9. The van der Waals surface area contributed by atoms with E-state index in [1.54, 1.807) is 30.3 Å². The lowest BCUT2D eigenvalue weighted by Gasteiger charge is -2.32. The summed E-state index contributed by atoms with van der Waals surface area (Å²) < 4.78 is 13.2. The normalized spacial score (nSPS) is 13.9. The van der Waals surface area contributed by atoms with Gasteiger partial charge >= 0.3 is 7.12 Å². The standard InChI is InChI=1S/C28H25BO2.C28H17NO2.C6H4BrNO2/c1-27(2)28(3,4)31-29(30-27)19-14-16-24-25(17-19)22-12-8-7-11-21(22)23-15-13-18-9-5-6-10-20(18)26(23)24;30-29(31)27-12-6-5-8-20(27)19-14-16-25-26(17-19)23-11-4-3-10-22(23)24-15-13-18-7-1-2-9-21(18)28(24)25;7-5-3-1-2-4-6(5)8(9)10/h5-17H,1-4H3;1-17H;1-4H. The van der Waals surface area contributed by atoms with Crippen LogP contribution in [0, 0.1) is 20.2 Å². The number of benzene rings is 12. The van der Waals surface area contributed by atoms with Crippen LogP contribution in [-0.4, -0.2) is 28.2 Å². The summed E-state index contributed by atoms with van der Waals surface area (Å²) in [5, 5.41) is 41.5. The average Bonchev–Trinajstić information content (AvgIpc) is 3.63. The SMILES string of the molecule is CC1(C)OB(c2ccc3c(c2)c2ccccc2c2ccc4ccccc4c23)OC1(C)C.O=[N+]([O-])c1ccccc1-c1ccc2c(c1)c1ccccc1c1ccc3ccccc3c12.O=[N+]([O-])c1ccccc1Br. The van der Waals surface area contributed by atoms with Crippen molar-refractivity contribution < 1.29 is 19.2 Å². The Balaban J connectivity index is 0.000000131. The highest BCUT2D eigenvalue weighted by molar-refractivity contribution is 9.10. The van der Waals surface area contributed by atoms with Crippen molar-refractivity contribution in [2.45, 2.75) is 38.9 Å². The Hall–Kier alpha value is -8.02. The van der Waals surface area contributed by atoms with Crippen molar-refractivity contribution in [3.63, 3.8) is 0 Å². The van der Waals surface area contributed by atoms with Crippen LogP contribution < -0.4 is 5.46 Å². The van der Waals surface area contributed by atoms with Crippen LogP contribution in [0.1, 0.15) is 27.7 Å². The number of hydrogen-bond donors (Lipinski definition) is 0. The number of nitro groups is 2. The Morgan fingerprint density at radius 3 is 1.29 bits per heavy atom. The summed E-state index contributed by atoms with van der Waals surface area (Å²) in [6.07, 6.45) is 0. The van der Waals surface area contributed by atoms with Gasteiger partial charge < -0.3 is 9.31 Å². The molecule has 72 heavy (non-hydrogen) atoms. The molecule has 8 nitrogen and oxygen atoms in total. The Morgan fingerprint density at radius 1 is 0.403 bits per heavy atom. The monoisotopic (exact) mass is 1000 g/mol. The van der Waals surface area contributed by atoms with Gasteiger partial charge in [0.15, 0.2) is 0 Å². The summed E-state index contributed by atoms with van der Waals surface area (Å²) in [4.78, 5) is 21.1. The molecule has 1 saturated heterocycles. The minimum absolute atomic E-state index is 0.0995. The Bertz CT molecular complexity index is 4160. The molecule has 1 aliphatic rings. The third-order valence-corrected chi connectivity index (χ3v) is 15.1. The molecule has 12 aromatic carbocycles. The molecule has 0 unspecified atom stereocenters. The summed E-state index contributed by atoms with van der Waals surface area (Å²) in [6.45, 7) is 8.40. The first-order valence-corrected chi connectivity index (χ1v) is 24.6. The zero-order chi connectivity index (χ0) is 49.9. The molecule has 1 aliphatic heterocycles. The van der Waals surface area contributed by atoms with Crippen LogP contribution >= 0.6 is 15.9 Å². The number of rotatable bonds is 4. The maximum atomic E-state index is 11.6. The van der Waals surface area contributed by atoms with E-state index in [9.17, 15) is 20.2 Å². The van der Waals surface area contributed by atoms with Gasteiger partial charge in [0.25, 0.3) is 11.4 Å². The van der Waals surface area contributed by atoms with Crippen LogP contribution in [-0.2, 0) is 9.31 Å². The van der Waals surface area contributed by atoms with E-state index in [2.05, 4.69) is 189 Å². The van der Waals surface area contributed by atoms with Crippen molar-refractivity contribution in [2.24, 2.45) is 0 Å². The van der Waals surface area contributed by atoms with Crippen molar-refractivity contribution in [1.29, 1.82) is 0 Å². The van der Waals surface area contributed by atoms with Crippen LogP contribution in [0.25, 0.3) is 97.3 Å². The number of halogens is 1. The summed E-state index contributed by atoms with van der Waals surface area (Å²) in [6, 6.07) is 69.3. The predicted molar refractivity (Wildman–Crippen MR) is 302 cm³/mol. The fourth-order valence-corrected chi connectivity index (χ4v) is 10.7. The van der Waals surface area contributed by atoms with Crippen molar-refractivity contribution in [3.05, 3.63) is 231 Å². The third kappa shape index (κ3) is 8.07. The molecule has 350 valence electrons. The number of fused-ring (bicyclic) bond motifs is 16. The van der Waals surface area contributed by atoms with Gasteiger partial charge in [-0.2, -0.15) is 0 Å². The molecule has 0 aromatic heterocycles. The lowest BCUT2D eigenvalue weighted by molar-refractivity contribution is -0.385. The van der Waals surface area contributed by atoms with Crippen molar-refractivity contribution in [3.8, 4) is 11.1 Å². The van der Waals surface area contributed by atoms with Crippen molar-refractivity contribution >= 4 is 126 Å². The molecule has 0 saturated carbocycles. The van der Waals surface area contributed by atoms with Crippen LogP contribution in [0.2, 0.25) is 0 Å². The Labute approximate surface area is 424 Å². The second-order valence-corrected chi connectivity index (χ2v) is 20.0. The highest BCUT2D eigenvalue weighted by Gasteiger charge is 2.51. The van der Waals surface area contributed by atoms with Gasteiger partial charge in [0.2, 0.25) is 0 Å². The molecule has 0 bridgehead atoms. The molecule has 13 rings (SSSR count). The molecule has 1 fully saturated rings. The minimum Gasteiger partial charge on any atom is -0.399 e. The van der Waals surface area contributed by atoms with E-state index in [1.165, 1.54) is 76.1 Å². The highest BCUT2D eigenvalue weighted by Crippen LogP contribution is 2.43. The summed E-state index contributed by atoms with van der Waals surface area (Å²) in [7, 11) is -0.364. The zero-order valence-electron chi connectivity index (χ0n) is 39.9. The van der Waals surface area contributed by atoms with E-state index in [-0.39, 0.29) is 34.6 Å². The van der Waals surface area contributed by atoms with Gasteiger partial charge in [-0.3, -0.25) is 20.2 Å². The van der Waals surface area contributed by atoms with Crippen LogP contribution in [0.5, 0.6) is 0 Å². The van der Waals surface area contributed by atoms with Gasteiger partial charge in [0, 0.05) is 12.1 Å². The topological polar surface area (TPSA) is 105 Å². The fraction of sp³-hybridized carbons (Fsp3) is 0.0968. The van der Waals surface area contributed by atoms with Gasteiger partial charge in [0.1, 0.15) is 0 Å². The summed E-state index contributed by atoms with van der Waals surface area (Å²) >= 11 is 3.06. The molecule has 1 heterocycles. The molecular formula is C62H46BBrN2O6. The Kier molecular flexibility index (Phi) is 11.8. The summed E-state index contributed by atoms with van der Waals surface area (Å²) in [5.74, 6) is 0. The van der Waals surface area contributed by atoms with Gasteiger partial charge in [-0.1, -0.05) is 176 Å². The molecule has 0 atom stereocenters. The largest absolute Gasteiger partial charge is 0.494 e. The first-order chi connectivity index (χ1) is 34.8. The van der Waals surface area contributed by atoms with Crippen molar-refractivity contribution in [2.75, 3.05) is 0 Å². The molecule has 10 heteroatoms. The fourth-order valence-electron chi connectivity index (χ4n) is 10.2. The molecule has 0 amide bonds. The number of hydrogen-bond acceptors (Lipinski definition) is 6. The number of nitrogens with zero attached hydrogens (tertiary/aromatic N) is 2. The Morgan fingerprint density at radius 2 is 0.792 bits per heavy atom. The number of para-hydroxylation sites is 2. The molecule has 12 aromatic rings. The molecule has 0 N–H and O–H groups in total. The lowest BCUT2D eigenvalue weighted by atomic mass is 9.77. The van der Waals surface area contributed by atoms with Crippen LogP contribution in [0.3, 0.4) is 0 Å². The van der Waals surface area contributed by atoms with Gasteiger partial charge in [-0.25, -0.2) is 0 Å². The third-order valence-electron chi connectivity index (χ3n) is 14.5. The van der Waals surface area contributed by atoms with Crippen LogP contribution in [0.4, 0.5) is 11.4 Å². The first kappa shape index (κ1) is 46.4. The van der Waals surface area contributed by atoms with E-state index in [0.29, 0.717) is 10.0 Å². The number of nitro benzene ring substituents is 2. The molecule has 0 aliphatic carbocycles. The second kappa shape index (κ2) is 18.3. The second-order valence-electron chi connectivity index (χ2n) is 19.1. The lowest BCUT2D eigenvalue weighted by Crippen LogP contribution is -2.41. The zero-order valence-corrected chi connectivity index (χ0v) is 41.5. The van der Waals surface area contributed by atoms with Gasteiger partial charge in [0.05, 0.1) is 31.1 Å². The van der Waals surface area contributed by atoms with E-state index < -0.39 is 4.92 Å². The van der Waals surface area contributed by atoms with Gasteiger partial charge in [-0.15, -0.1) is 0 Å². The molecule has 0 spiro atoms. The van der Waals surface area contributed by atoms with E-state index >= 15 is 0 Å². The van der Waals surface area contributed by atoms with E-state index in [1.807, 2.05) is 24.3 Å². The maximum absolute atomic E-state index is 11.6. The van der Waals surface area contributed by atoms with Crippen molar-refractivity contribution in [1.82, 2.24) is 0 Å². The van der Waals surface area contributed by atoms with E-state index in [0.717, 1.165) is 27.2 Å². The summed E-state index contributed by atoms with van der Waals surface area (Å²) in [5.41, 5.74) is 2.07. The first-order valence-electron chi connectivity index (χ1n) is 23.8. The van der Waals surface area contributed by atoms with Crippen LogP contribution in [0.15, 0.2) is 211 Å². The average molecular weight is 1010 g/mol. The minimum atomic E-state index is -0.427. The smallest absolute Gasteiger partial charge is 0.399 e.